The van der Waals surface area contributed by atoms with Gasteiger partial charge in [0.2, 0.25) is 0 Å². The van der Waals surface area contributed by atoms with Crippen molar-refractivity contribution in [1.29, 1.82) is 5.26 Å². The summed E-state index contributed by atoms with van der Waals surface area (Å²) in [6.07, 6.45) is 1.94. The van der Waals surface area contributed by atoms with Crippen molar-refractivity contribution in [3.63, 3.8) is 0 Å². The Morgan fingerprint density at radius 3 is 2.41 bits per heavy atom. The van der Waals surface area contributed by atoms with Gasteiger partial charge in [-0.3, -0.25) is 0 Å². The first-order valence-corrected chi connectivity index (χ1v) is 7.49. The first kappa shape index (κ1) is 12.8. The maximum Gasteiger partial charge on any atom is 0.103 e. The maximum atomic E-state index is 9.22. The van der Waals surface area contributed by atoms with E-state index in [4.69, 9.17) is 23.2 Å². The van der Waals surface area contributed by atoms with Crippen LogP contribution in [0.1, 0.15) is 5.56 Å². The van der Waals surface area contributed by atoms with E-state index in [1.807, 2.05) is 18.4 Å². The molecule has 5 heteroatoms. The van der Waals surface area contributed by atoms with Crippen LogP contribution in [0.15, 0.2) is 28.5 Å². The minimum absolute atomic E-state index is 0.647. The Morgan fingerprint density at radius 1 is 1.24 bits per heavy atom. The average Bonchev–Trinajstić information content (AvgIpc) is 2.66. The van der Waals surface area contributed by atoms with Gasteiger partial charge in [-0.1, -0.05) is 35.3 Å². The van der Waals surface area contributed by atoms with Gasteiger partial charge in [0.05, 0.1) is 9.77 Å². The van der Waals surface area contributed by atoms with E-state index in [-0.39, 0.29) is 0 Å². The van der Waals surface area contributed by atoms with Crippen molar-refractivity contribution in [2.75, 3.05) is 6.26 Å². The third kappa shape index (κ3) is 2.46. The highest BCUT2D eigenvalue weighted by atomic mass is 35.5. The highest BCUT2D eigenvalue weighted by Crippen LogP contribution is 2.43. The summed E-state index contributed by atoms with van der Waals surface area (Å²) in [5.74, 6) is 0. The van der Waals surface area contributed by atoms with Crippen LogP contribution in [0.2, 0.25) is 9.36 Å². The molecule has 1 heterocycles. The monoisotopic (exact) mass is 299 g/mol. The summed E-state index contributed by atoms with van der Waals surface area (Å²) in [6, 6.07) is 9.57. The normalized spacial score (nSPS) is 10.2. The Labute approximate surface area is 118 Å². The van der Waals surface area contributed by atoms with E-state index in [1.165, 1.54) is 23.1 Å². The van der Waals surface area contributed by atoms with E-state index in [0.717, 1.165) is 15.3 Å². The smallest absolute Gasteiger partial charge is 0.103 e. The van der Waals surface area contributed by atoms with Crippen molar-refractivity contribution in [2.45, 2.75) is 4.21 Å². The van der Waals surface area contributed by atoms with Gasteiger partial charge >= 0.3 is 0 Å². The molecule has 0 bridgehead atoms. The topological polar surface area (TPSA) is 23.8 Å². The summed E-state index contributed by atoms with van der Waals surface area (Å²) in [5.41, 5.74) is 2.38. The van der Waals surface area contributed by atoms with Crippen LogP contribution in [0, 0.1) is 11.3 Å². The van der Waals surface area contributed by atoms with Crippen LogP contribution in [0.25, 0.3) is 11.1 Å². The molecule has 0 aliphatic rings. The lowest BCUT2D eigenvalue weighted by Crippen LogP contribution is -1.80. The maximum absolute atomic E-state index is 9.22. The Balaban J connectivity index is 2.63. The van der Waals surface area contributed by atoms with Crippen molar-refractivity contribution in [3.8, 4) is 17.2 Å². The molecule has 0 atom stereocenters. The van der Waals surface area contributed by atoms with Gasteiger partial charge in [-0.15, -0.1) is 23.1 Å². The van der Waals surface area contributed by atoms with Gasteiger partial charge in [0.25, 0.3) is 0 Å². The van der Waals surface area contributed by atoms with Crippen LogP contribution in [-0.2, 0) is 0 Å². The second-order valence-corrected chi connectivity index (χ2v) is 6.37. The molecular weight excluding hydrogens is 293 g/mol. The largest absolute Gasteiger partial charge is 0.192 e. The minimum atomic E-state index is 0.647. The number of benzene rings is 1. The van der Waals surface area contributed by atoms with Crippen molar-refractivity contribution in [3.05, 3.63) is 39.2 Å². The van der Waals surface area contributed by atoms with Crippen LogP contribution in [0.4, 0.5) is 0 Å². The molecule has 0 fully saturated rings. The number of hydrogen-bond donors (Lipinski definition) is 0. The fourth-order valence-electron chi connectivity index (χ4n) is 1.50. The third-order valence-electron chi connectivity index (χ3n) is 2.26. The number of halogens is 2. The molecule has 0 amide bonds. The van der Waals surface area contributed by atoms with Gasteiger partial charge in [0.1, 0.15) is 10.4 Å². The zero-order chi connectivity index (χ0) is 12.4. The zero-order valence-corrected chi connectivity index (χ0v) is 12.0. The van der Waals surface area contributed by atoms with E-state index in [0.29, 0.717) is 14.9 Å². The lowest BCUT2D eigenvalue weighted by molar-refractivity contribution is 1.46. The Kier molecular flexibility index (Phi) is 4.01. The standard InChI is InChI=1S/C12H7Cl2NS2/c1-16-12-9(6-15)10(11(14)17-12)7-2-4-8(13)5-3-7/h2-5H,1H3. The fraction of sp³-hybridized carbons (Fsp3) is 0.0833. The van der Waals surface area contributed by atoms with Gasteiger partial charge in [0, 0.05) is 10.6 Å². The van der Waals surface area contributed by atoms with E-state index < -0.39 is 0 Å². The molecule has 86 valence electrons. The van der Waals surface area contributed by atoms with Crippen molar-refractivity contribution >= 4 is 46.3 Å². The van der Waals surface area contributed by atoms with Crippen LogP contribution >= 0.6 is 46.3 Å². The summed E-state index contributed by atoms with van der Waals surface area (Å²) in [6.45, 7) is 0. The van der Waals surface area contributed by atoms with Crippen molar-refractivity contribution in [1.82, 2.24) is 0 Å². The average molecular weight is 300 g/mol. The van der Waals surface area contributed by atoms with Crippen LogP contribution < -0.4 is 0 Å². The summed E-state index contributed by atoms with van der Waals surface area (Å²) in [7, 11) is 0. The SMILES string of the molecule is CSc1sc(Cl)c(-c2ccc(Cl)cc2)c1C#N. The number of thiophene rings is 1. The van der Waals surface area contributed by atoms with E-state index in [1.54, 1.807) is 12.1 Å². The highest BCUT2D eigenvalue weighted by molar-refractivity contribution is 8.00. The number of rotatable bonds is 2. The molecule has 1 nitrogen and oxygen atoms in total. The second kappa shape index (κ2) is 5.32. The van der Waals surface area contributed by atoms with Gasteiger partial charge < -0.3 is 0 Å². The number of hydrogen-bond acceptors (Lipinski definition) is 3. The van der Waals surface area contributed by atoms with Crippen molar-refractivity contribution < 1.29 is 0 Å². The summed E-state index contributed by atoms with van der Waals surface area (Å²) >= 11 is 15.0. The number of thioether (sulfide) groups is 1. The van der Waals surface area contributed by atoms with Gasteiger partial charge in [-0.25, -0.2) is 0 Å². The van der Waals surface area contributed by atoms with Gasteiger partial charge in [0.15, 0.2) is 0 Å². The molecular formula is C12H7Cl2NS2. The fourth-order valence-corrected chi connectivity index (χ4v) is 3.87. The first-order chi connectivity index (χ1) is 8.17. The Hall–Kier alpha value is -0.660. The number of nitriles is 1. The Morgan fingerprint density at radius 2 is 1.88 bits per heavy atom. The highest BCUT2D eigenvalue weighted by Gasteiger charge is 2.17. The summed E-state index contributed by atoms with van der Waals surface area (Å²) in [4.78, 5) is 0. The lowest BCUT2D eigenvalue weighted by Gasteiger charge is -2.01. The van der Waals surface area contributed by atoms with E-state index in [2.05, 4.69) is 6.07 Å². The summed E-state index contributed by atoms with van der Waals surface area (Å²) < 4.78 is 1.59. The minimum Gasteiger partial charge on any atom is -0.192 e. The molecule has 0 unspecified atom stereocenters. The molecule has 1 aromatic heterocycles. The molecule has 2 rings (SSSR count). The third-order valence-corrected chi connectivity index (χ3v) is 5.03. The quantitative estimate of drug-likeness (QED) is 0.701. The van der Waals surface area contributed by atoms with E-state index >= 15 is 0 Å². The van der Waals surface area contributed by atoms with Gasteiger partial charge in [-0.05, 0) is 24.0 Å². The molecule has 0 N–H and O–H groups in total. The van der Waals surface area contributed by atoms with Crippen molar-refractivity contribution in [2.24, 2.45) is 0 Å². The van der Waals surface area contributed by atoms with Gasteiger partial charge in [-0.2, -0.15) is 5.26 Å². The number of nitrogens with zero attached hydrogens (tertiary/aromatic N) is 1. The molecule has 0 aliphatic carbocycles. The molecule has 0 spiro atoms. The summed E-state index contributed by atoms with van der Waals surface area (Å²) in [5, 5.41) is 9.89. The van der Waals surface area contributed by atoms with E-state index in [9.17, 15) is 5.26 Å². The molecule has 17 heavy (non-hydrogen) atoms. The predicted molar refractivity (Wildman–Crippen MR) is 76.3 cm³/mol. The molecule has 0 saturated carbocycles. The lowest BCUT2D eigenvalue weighted by atomic mass is 10.1. The molecule has 2 aromatic rings. The first-order valence-electron chi connectivity index (χ1n) is 4.69. The van der Waals surface area contributed by atoms with Crippen LogP contribution in [0.5, 0.6) is 0 Å². The molecule has 0 aliphatic heterocycles. The van der Waals surface area contributed by atoms with Crippen LogP contribution in [-0.4, -0.2) is 6.26 Å². The second-order valence-electron chi connectivity index (χ2n) is 3.24. The van der Waals surface area contributed by atoms with Crippen LogP contribution in [0.3, 0.4) is 0 Å². The predicted octanol–water partition coefficient (Wildman–Crippen LogP) is 5.32. The molecule has 1 aromatic carbocycles. The molecule has 0 radical (unpaired) electrons. The molecule has 0 saturated heterocycles. The zero-order valence-electron chi connectivity index (χ0n) is 8.83. The Bertz CT molecular complexity index is 582.